The van der Waals surface area contributed by atoms with Crippen LogP contribution in [-0.2, 0) is 21.4 Å². The lowest BCUT2D eigenvalue weighted by Crippen LogP contribution is -2.40. The summed E-state index contributed by atoms with van der Waals surface area (Å²) in [5.74, 6) is -1.66. The molecule has 0 heterocycles. The van der Waals surface area contributed by atoms with Crippen LogP contribution in [-0.4, -0.2) is 20.9 Å². The quantitative estimate of drug-likeness (QED) is 0.620. The largest absolute Gasteiger partial charge is 0.350 e. The highest BCUT2D eigenvalue weighted by Gasteiger charge is 2.27. The number of aryl methyl sites for hydroxylation is 1. The molecule has 0 fully saturated rings. The minimum Gasteiger partial charge on any atom is -0.350 e. The van der Waals surface area contributed by atoms with Crippen molar-refractivity contribution in [3.05, 3.63) is 95.6 Å². The summed E-state index contributed by atoms with van der Waals surface area (Å²) >= 11 is 0. The molecule has 156 valence electrons. The summed E-state index contributed by atoms with van der Waals surface area (Å²) < 4.78 is 53.7. The molecular weight excluding hydrogens is 410 g/mol. The first-order chi connectivity index (χ1) is 14.3. The van der Waals surface area contributed by atoms with Crippen molar-refractivity contribution >= 4 is 21.6 Å². The molecule has 0 radical (unpaired) electrons. The van der Waals surface area contributed by atoms with Gasteiger partial charge in [-0.25, -0.2) is 17.2 Å². The zero-order chi connectivity index (χ0) is 21.7. The first-order valence-electron chi connectivity index (χ1n) is 9.12. The van der Waals surface area contributed by atoms with Crippen molar-refractivity contribution < 1.29 is 22.0 Å². The molecule has 0 aromatic heterocycles. The summed E-state index contributed by atoms with van der Waals surface area (Å²) in [6, 6.07) is 16.6. The van der Waals surface area contributed by atoms with E-state index >= 15 is 0 Å². The number of sulfonamides is 1. The van der Waals surface area contributed by atoms with Gasteiger partial charge in [-0.3, -0.25) is 9.10 Å². The summed E-state index contributed by atoms with van der Waals surface area (Å²) in [5.41, 5.74) is 2.03. The molecule has 1 amide bonds. The van der Waals surface area contributed by atoms with Crippen LogP contribution in [0.15, 0.2) is 77.7 Å². The van der Waals surface area contributed by atoms with Crippen molar-refractivity contribution in [1.82, 2.24) is 5.32 Å². The minimum atomic E-state index is -4.19. The summed E-state index contributed by atoms with van der Waals surface area (Å²) in [7, 11) is -4.19. The molecule has 0 aliphatic carbocycles. The fourth-order valence-corrected chi connectivity index (χ4v) is 4.29. The molecule has 0 aliphatic heterocycles. The predicted molar refractivity (Wildman–Crippen MR) is 110 cm³/mol. The average Bonchev–Trinajstić information content (AvgIpc) is 2.71. The highest BCUT2D eigenvalue weighted by atomic mass is 32.2. The topological polar surface area (TPSA) is 66.5 Å². The van der Waals surface area contributed by atoms with Crippen LogP contribution in [0.3, 0.4) is 0 Å². The molecule has 5 nitrogen and oxygen atoms in total. The number of rotatable bonds is 7. The molecular formula is C22H20F2N2O3S. The van der Waals surface area contributed by atoms with E-state index in [9.17, 15) is 22.0 Å². The van der Waals surface area contributed by atoms with Crippen LogP contribution in [0.4, 0.5) is 14.5 Å². The molecule has 3 aromatic rings. The monoisotopic (exact) mass is 430 g/mol. The number of benzene rings is 3. The van der Waals surface area contributed by atoms with Gasteiger partial charge in [-0.05, 0) is 61.0 Å². The van der Waals surface area contributed by atoms with Crippen LogP contribution in [0.5, 0.6) is 0 Å². The van der Waals surface area contributed by atoms with E-state index in [0.29, 0.717) is 0 Å². The Balaban J connectivity index is 1.85. The molecule has 0 saturated heterocycles. The van der Waals surface area contributed by atoms with E-state index in [4.69, 9.17) is 0 Å². The fourth-order valence-electron chi connectivity index (χ4n) is 2.87. The molecule has 30 heavy (non-hydrogen) atoms. The molecule has 0 bridgehead atoms. The van der Waals surface area contributed by atoms with Crippen LogP contribution >= 0.6 is 0 Å². The van der Waals surface area contributed by atoms with Gasteiger partial charge in [-0.2, -0.15) is 0 Å². The second-order valence-electron chi connectivity index (χ2n) is 6.71. The van der Waals surface area contributed by atoms with Gasteiger partial charge in [0.1, 0.15) is 18.2 Å². The number of halogens is 2. The van der Waals surface area contributed by atoms with E-state index in [2.05, 4.69) is 5.32 Å². The van der Waals surface area contributed by atoms with Gasteiger partial charge in [-0.15, -0.1) is 0 Å². The average molecular weight is 430 g/mol. The summed E-state index contributed by atoms with van der Waals surface area (Å²) in [5, 5.41) is 2.69. The van der Waals surface area contributed by atoms with Gasteiger partial charge in [0.15, 0.2) is 0 Å². The van der Waals surface area contributed by atoms with Crippen molar-refractivity contribution in [3.8, 4) is 0 Å². The SMILES string of the molecule is Cc1cccc(CNC(=O)CN(c2ccc(F)cc2)S(=O)(=O)c2ccc(F)cc2)c1. The predicted octanol–water partition coefficient (Wildman–Crippen LogP) is 3.78. The van der Waals surface area contributed by atoms with Gasteiger partial charge in [0, 0.05) is 6.54 Å². The minimum absolute atomic E-state index is 0.117. The van der Waals surface area contributed by atoms with Crippen molar-refractivity contribution in [1.29, 1.82) is 0 Å². The van der Waals surface area contributed by atoms with Crippen LogP contribution in [0.2, 0.25) is 0 Å². The molecule has 1 N–H and O–H groups in total. The maximum Gasteiger partial charge on any atom is 0.264 e. The van der Waals surface area contributed by atoms with Crippen molar-refractivity contribution in [2.45, 2.75) is 18.4 Å². The summed E-state index contributed by atoms with van der Waals surface area (Å²) in [6.07, 6.45) is 0. The molecule has 0 atom stereocenters. The Labute approximate surface area is 174 Å². The maximum absolute atomic E-state index is 13.3. The van der Waals surface area contributed by atoms with Gasteiger partial charge >= 0.3 is 0 Å². The number of anilines is 1. The Kier molecular flexibility index (Phi) is 6.47. The second kappa shape index (κ2) is 9.04. The zero-order valence-corrected chi connectivity index (χ0v) is 17.0. The van der Waals surface area contributed by atoms with E-state index in [1.54, 1.807) is 0 Å². The summed E-state index contributed by atoms with van der Waals surface area (Å²) in [4.78, 5) is 12.4. The highest BCUT2D eigenvalue weighted by Crippen LogP contribution is 2.24. The van der Waals surface area contributed by atoms with E-state index in [-0.39, 0.29) is 17.1 Å². The molecule has 0 unspecified atom stereocenters. The zero-order valence-electron chi connectivity index (χ0n) is 16.2. The number of hydrogen-bond acceptors (Lipinski definition) is 3. The summed E-state index contributed by atoms with van der Waals surface area (Å²) in [6.45, 7) is 1.64. The third kappa shape index (κ3) is 5.21. The second-order valence-corrected chi connectivity index (χ2v) is 8.57. The van der Waals surface area contributed by atoms with E-state index < -0.39 is 34.1 Å². The number of carbonyl (C=O) groups is 1. The van der Waals surface area contributed by atoms with Gasteiger partial charge in [0.25, 0.3) is 10.0 Å². The molecule has 3 rings (SSSR count). The first kappa shape index (κ1) is 21.4. The van der Waals surface area contributed by atoms with Gasteiger partial charge < -0.3 is 5.32 Å². The number of amides is 1. The molecule has 0 saturated carbocycles. The smallest absolute Gasteiger partial charge is 0.264 e. The Hall–Kier alpha value is -3.26. The van der Waals surface area contributed by atoms with Gasteiger partial charge in [0.2, 0.25) is 5.91 Å². The Morgan fingerprint density at radius 3 is 2.13 bits per heavy atom. The normalized spacial score (nSPS) is 11.2. The molecule has 0 spiro atoms. The van der Waals surface area contributed by atoms with E-state index in [1.165, 1.54) is 12.1 Å². The lowest BCUT2D eigenvalue weighted by molar-refractivity contribution is -0.119. The van der Waals surface area contributed by atoms with Crippen LogP contribution in [0.1, 0.15) is 11.1 Å². The van der Waals surface area contributed by atoms with Gasteiger partial charge in [0.05, 0.1) is 10.6 Å². The lowest BCUT2D eigenvalue weighted by atomic mass is 10.1. The highest BCUT2D eigenvalue weighted by molar-refractivity contribution is 7.92. The first-order valence-corrected chi connectivity index (χ1v) is 10.6. The number of carbonyl (C=O) groups excluding carboxylic acids is 1. The molecule has 3 aromatic carbocycles. The maximum atomic E-state index is 13.3. The van der Waals surface area contributed by atoms with Crippen LogP contribution in [0, 0.1) is 18.6 Å². The Morgan fingerprint density at radius 2 is 1.53 bits per heavy atom. The lowest BCUT2D eigenvalue weighted by Gasteiger charge is -2.24. The third-order valence-electron chi connectivity index (χ3n) is 4.38. The molecule has 0 aliphatic rings. The van der Waals surface area contributed by atoms with Crippen molar-refractivity contribution in [2.75, 3.05) is 10.8 Å². The third-order valence-corrected chi connectivity index (χ3v) is 6.16. The van der Waals surface area contributed by atoms with E-state index in [1.807, 2.05) is 31.2 Å². The van der Waals surface area contributed by atoms with Crippen LogP contribution in [0.25, 0.3) is 0 Å². The van der Waals surface area contributed by atoms with Crippen LogP contribution < -0.4 is 9.62 Å². The number of hydrogen-bond donors (Lipinski definition) is 1. The van der Waals surface area contributed by atoms with Crippen molar-refractivity contribution in [3.63, 3.8) is 0 Å². The Bertz CT molecular complexity index is 1130. The molecule has 8 heteroatoms. The van der Waals surface area contributed by atoms with Gasteiger partial charge in [-0.1, -0.05) is 29.8 Å². The number of nitrogens with zero attached hydrogens (tertiary/aromatic N) is 1. The fraction of sp³-hybridized carbons (Fsp3) is 0.136. The standard InChI is InChI=1S/C22H20F2N2O3S/c1-16-3-2-4-17(13-16)14-25-22(27)15-26(20-9-5-18(23)6-10-20)30(28,29)21-11-7-19(24)8-12-21/h2-13H,14-15H2,1H3,(H,25,27). The number of nitrogens with one attached hydrogen (secondary N) is 1. The van der Waals surface area contributed by atoms with E-state index in [0.717, 1.165) is 51.8 Å². The van der Waals surface area contributed by atoms with Crippen molar-refractivity contribution in [2.24, 2.45) is 0 Å². The Morgan fingerprint density at radius 1 is 0.933 bits per heavy atom.